The highest BCUT2D eigenvalue weighted by molar-refractivity contribution is 5.13. The van der Waals surface area contributed by atoms with Gasteiger partial charge in [0.2, 0.25) is 0 Å². The fourth-order valence-corrected chi connectivity index (χ4v) is 2.56. The van der Waals surface area contributed by atoms with Crippen LogP contribution in [-0.4, -0.2) is 19.8 Å². The van der Waals surface area contributed by atoms with Crippen molar-refractivity contribution in [2.75, 3.05) is 13.7 Å². The predicted molar refractivity (Wildman–Crippen MR) is 51.0 cm³/mol. The van der Waals surface area contributed by atoms with Gasteiger partial charge in [-0.3, -0.25) is 0 Å². The lowest BCUT2D eigenvalue weighted by atomic mass is 9.88. The van der Waals surface area contributed by atoms with Crippen LogP contribution >= 0.6 is 0 Å². The molecule has 0 aromatic carbocycles. The summed E-state index contributed by atoms with van der Waals surface area (Å²) in [5.74, 6) is 0. The number of methoxy groups -OCH3 is 1. The summed E-state index contributed by atoms with van der Waals surface area (Å²) in [7, 11) is 1.79. The van der Waals surface area contributed by atoms with Crippen LogP contribution in [0.25, 0.3) is 0 Å². The molecule has 1 aliphatic carbocycles. The number of hydrogen-bond donors (Lipinski definition) is 1. The molecule has 0 radical (unpaired) electrons. The van der Waals surface area contributed by atoms with Gasteiger partial charge < -0.3 is 10.5 Å². The zero-order valence-electron chi connectivity index (χ0n) is 8.68. The van der Waals surface area contributed by atoms with E-state index in [2.05, 4.69) is 20.8 Å². The molecule has 1 aliphatic rings. The first-order chi connectivity index (χ1) is 5.54. The molecule has 0 saturated heterocycles. The van der Waals surface area contributed by atoms with Gasteiger partial charge in [-0.2, -0.15) is 0 Å². The van der Waals surface area contributed by atoms with E-state index in [1.807, 2.05) is 0 Å². The first-order valence-electron chi connectivity index (χ1n) is 4.77. The van der Waals surface area contributed by atoms with Crippen LogP contribution in [0.15, 0.2) is 0 Å². The molecular weight excluding hydrogens is 150 g/mol. The average molecular weight is 171 g/mol. The third-order valence-electron chi connectivity index (χ3n) is 3.62. The highest BCUT2D eigenvalue weighted by Gasteiger charge is 2.63. The first kappa shape index (κ1) is 10.0. The second-order valence-electron chi connectivity index (χ2n) is 4.55. The van der Waals surface area contributed by atoms with Gasteiger partial charge in [-0.05, 0) is 18.3 Å². The zero-order chi connectivity index (χ0) is 9.41. The second-order valence-corrected chi connectivity index (χ2v) is 4.55. The summed E-state index contributed by atoms with van der Waals surface area (Å²) in [5, 5.41) is 0. The summed E-state index contributed by atoms with van der Waals surface area (Å²) in [6.45, 7) is 7.48. The summed E-state index contributed by atoms with van der Waals surface area (Å²) in [6, 6.07) is 0. The summed E-state index contributed by atoms with van der Waals surface area (Å²) in [5.41, 5.74) is 6.46. The van der Waals surface area contributed by atoms with Gasteiger partial charge in [0, 0.05) is 19.1 Å². The Balaban J connectivity index is 2.70. The SMILES string of the molecule is CCC(OC)C1(CN)CC1(C)C. The first-order valence-corrected chi connectivity index (χ1v) is 4.77. The quantitative estimate of drug-likeness (QED) is 0.700. The van der Waals surface area contributed by atoms with E-state index in [4.69, 9.17) is 10.5 Å². The average Bonchev–Trinajstić information content (AvgIpc) is 2.58. The van der Waals surface area contributed by atoms with E-state index in [0.717, 1.165) is 13.0 Å². The van der Waals surface area contributed by atoms with Crippen LogP contribution in [0.5, 0.6) is 0 Å². The van der Waals surface area contributed by atoms with E-state index in [0.29, 0.717) is 11.5 Å². The Labute approximate surface area is 75.5 Å². The van der Waals surface area contributed by atoms with E-state index in [-0.39, 0.29) is 5.41 Å². The molecule has 1 rings (SSSR count). The van der Waals surface area contributed by atoms with Crippen molar-refractivity contribution >= 4 is 0 Å². The van der Waals surface area contributed by atoms with Crippen molar-refractivity contribution in [2.45, 2.75) is 39.7 Å². The van der Waals surface area contributed by atoms with Gasteiger partial charge >= 0.3 is 0 Å². The third-order valence-corrected chi connectivity index (χ3v) is 3.62. The van der Waals surface area contributed by atoms with Crippen LogP contribution in [0, 0.1) is 10.8 Å². The molecule has 1 saturated carbocycles. The third kappa shape index (κ3) is 1.17. The summed E-state index contributed by atoms with van der Waals surface area (Å²) in [6.07, 6.45) is 2.62. The molecule has 2 nitrogen and oxygen atoms in total. The summed E-state index contributed by atoms with van der Waals surface area (Å²) < 4.78 is 5.47. The lowest BCUT2D eigenvalue weighted by Gasteiger charge is -2.27. The van der Waals surface area contributed by atoms with Crippen molar-refractivity contribution in [2.24, 2.45) is 16.6 Å². The topological polar surface area (TPSA) is 35.2 Å². The summed E-state index contributed by atoms with van der Waals surface area (Å²) >= 11 is 0. The Bertz CT molecular complexity index is 163. The minimum atomic E-state index is 0.260. The second kappa shape index (κ2) is 3.00. The largest absolute Gasteiger partial charge is 0.381 e. The Hall–Kier alpha value is -0.0800. The normalized spacial score (nSPS) is 34.8. The molecule has 2 heteroatoms. The van der Waals surface area contributed by atoms with Gasteiger partial charge in [-0.1, -0.05) is 20.8 Å². The number of rotatable bonds is 4. The molecule has 0 aromatic heterocycles. The lowest BCUT2D eigenvalue weighted by molar-refractivity contribution is 0.0246. The van der Waals surface area contributed by atoms with Gasteiger partial charge in [-0.15, -0.1) is 0 Å². The molecule has 0 aromatic rings. The molecule has 72 valence electrons. The number of nitrogens with two attached hydrogens (primary N) is 1. The van der Waals surface area contributed by atoms with Crippen LogP contribution in [-0.2, 0) is 4.74 Å². The number of hydrogen-bond acceptors (Lipinski definition) is 2. The fraction of sp³-hybridized carbons (Fsp3) is 1.00. The van der Waals surface area contributed by atoms with Crippen LogP contribution < -0.4 is 5.73 Å². The van der Waals surface area contributed by atoms with Crippen LogP contribution in [0.2, 0.25) is 0 Å². The molecule has 1 fully saturated rings. The van der Waals surface area contributed by atoms with E-state index in [9.17, 15) is 0 Å². The van der Waals surface area contributed by atoms with Crippen LogP contribution in [0.1, 0.15) is 33.6 Å². The maximum absolute atomic E-state index is 5.82. The van der Waals surface area contributed by atoms with Crippen LogP contribution in [0.3, 0.4) is 0 Å². The predicted octanol–water partition coefficient (Wildman–Crippen LogP) is 1.79. The van der Waals surface area contributed by atoms with Crippen molar-refractivity contribution in [1.29, 1.82) is 0 Å². The van der Waals surface area contributed by atoms with E-state index in [1.54, 1.807) is 7.11 Å². The monoisotopic (exact) mass is 171 g/mol. The highest BCUT2D eigenvalue weighted by atomic mass is 16.5. The van der Waals surface area contributed by atoms with Gasteiger partial charge in [0.1, 0.15) is 0 Å². The molecule has 0 spiro atoms. The van der Waals surface area contributed by atoms with Crippen molar-refractivity contribution in [1.82, 2.24) is 0 Å². The highest BCUT2D eigenvalue weighted by Crippen LogP contribution is 2.65. The molecule has 2 unspecified atom stereocenters. The minimum absolute atomic E-state index is 0.260. The van der Waals surface area contributed by atoms with Gasteiger partial charge in [0.25, 0.3) is 0 Å². The van der Waals surface area contributed by atoms with E-state index >= 15 is 0 Å². The number of ether oxygens (including phenoxy) is 1. The van der Waals surface area contributed by atoms with Gasteiger partial charge in [0.05, 0.1) is 6.10 Å². The van der Waals surface area contributed by atoms with Crippen molar-refractivity contribution < 1.29 is 4.74 Å². The van der Waals surface area contributed by atoms with Crippen LogP contribution in [0.4, 0.5) is 0 Å². The van der Waals surface area contributed by atoms with Crippen molar-refractivity contribution in [3.05, 3.63) is 0 Å². The Morgan fingerprint density at radius 1 is 1.50 bits per heavy atom. The summed E-state index contributed by atoms with van der Waals surface area (Å²) in [4.78, 5) is 0. The van der Waals surface area contributed by atoms with E-state index in [1.165, 1.54) is 6.42 Å². The molecule has 0 heterocycles. The van der Waals surface area contributed by atoms with Gasteiger partial charge in [-0.25, -0.2) is 0 Å². The molecule has 2 atom stereocenters. The zero-order valence-corrected chi connectivity index (χ0v) is 8.68. The van der Waals surface area contributed by atoms with Crippen molar-refractivity contribution in [3.63, 3.8) is 0 Å². The molecule has 2 N–H and O–H groups in total. The minimum Gasteiger partial charge on any atom is -0.381 e. The molecular formula is C10H21NO. The Morgan fingerprint density at radius 3 is 2.08 bits per heavy atom. The molecule has 0 aliphatic heterocycles. The van der Waals surface area contributed by atoms with Crippen molar-refractivity contribution in [3.8, 4) is 0 Å². The maximum Gasteiger partial charge on any atom is 0.0642 e. The fourth-order valence-electron chi connectivity index (χ4n) is 2.56. The Kier molecular flexibility index (Phi) is 2.50. The maximum atomic E-state index is 5.82. The molecule has 0 amide bonds. The molecule has 0 bridgehead atoms. The smallest absolute Gasteiger partial charge is 0.0642 e. The molecule has 12 heavy (non-hydrogen) atoms. The van der Waals surface area contributed by atoms with Gasteiger partial charge in [0.15, 0.2) is 0 Å². The Morgan fingerprint density at radius 2 is 2.00 bits per heavy atom. The standard InChI is InChI=1S/C10H21NO/c1-5-8(12-4)10(7-11)6-9(10,2)3/h8H,5-7,11H2,1-4H3. The van der Waals surface area contributed by atoms with E-state index < -0.39 is 0 Å². The lowest BCUT2D eigenvalue weighted by Crippen LogP contribution is -2.34.